The highest BCUT2D eigenvalue weighted by molar-refractivity contribution is 6.05. The molecule has 1 fully saturated rings. The Labute approximate surface area is 160 Å². The molecule has 1 saturated heterocycles. The van der Waals surface area contributed by atoms with Gasteiger partial charge in [0.05, 0.1) is 11.1 Å². The summed E-state index contributed by atoms with van der Waals surface area (Å²) >= 11 is 0. The number of aromatic amines is 1. The molecule has 3 aromatic rings. The van der Waals surface area contributed by atoms with Gasteiger partial charge in [-0.15, -0.1) is 12.4 Å². The molecular formula is C21H24ClN3O. The van der Waals surface area contributed by atoms with Crippen LogP contribution in [0.25, 0.3) is 10.9 Å². The van der Waals surface area contributed by atoms with Crippen molar-refractivity contribution in [3.8, 4) is 0 Å². The van der Waals surface area contributed by atoms with E-state index in [0.29, 0.717) is 0 Å². The quantitative estimate of drug-likeness (QED) is 0.763. The highest BCUT2D eigenvalue weighted by Crippen LogP contribution is 2.19. The molecule has 0 unspecified atom stereocenters. The van der Waals surface area contributed by atoms with Gasteiger partial charge in [-0.2, -0.15) is 0 Å². The molecule has 0 radical (unpaired) electrons. The number of nitrogens with zero attached hydrogens (tertiary/aromatic N) is 2. The van der Waals surface area contributed by atoms with Crippen molar-refractivity contribution in [3.05, 3.63) is 71.9 Å². The van der Waals surface area contributed by atoms with E-state index in [9.17, 15) is 4.79 Å². The summed E-state index contributed by atoms with van der Waals surface area (Å²) in [6.07, 6.45) is 2.96. The molecule has 26 heavy (non-hydrogen) atoms. The highest BCUT2D eigenvalue weighted by atomic mass is 35.5. The molecule has 0 bridgehead atoms. The van der Waals surface area contributed by atoms with Gasteiger partial charge in [0.25, 0.3) is 5.91 Å². The number of amides is 1. The molecule has 136 valence electrons. The number of halogens is 1. The fraction of sp³-hybridized carbons (Fsp3) is 0.286. The minimum absolute atomic E-state index is 0. The number of hydrogen-bond acceptors (Lipinski definition) is 2. The zero-order chi connectivity index (χ0) is 17.1. The Morgan fingerprint density at radius 3 is 2.46 bits per heavy atom. The molecule has 0 aliphatic carbocycles. The lowest BCUT2D eigenvalue weighted by atomic mass is 10.1. The monoisotopic (exact) mass is 369 g/mol. The van der Waals surface area contributed by atoms with Crippen LogP contribution in [0.4, 0.5) is 0 Å². The van der Waals surface area contributed by atoms with Crippen LogP contribution in [0.2, 0.25) is 0 Å². The number of H-pyrrole nitrogens is 1. The number of carbonyl (C=O) groups excluding carboxylic acids is 1. The van der Waals surface area contributed by atoms with Crippen molar-refractivity contribution in [1.82, 2.24) is 14.8 Å². The fourth-order valence-corrected chi connectivity index (χ4v) is 3.54. The van der Waals surface area contributed by atoms with Crippen molar-refractivity contribution in [2.24, 2.45) is 0 Å². The normalized spacial score (nSPS) is 15.0. The molecule has 1 amide bonds. The number of piperazine rings is 1. The number of aromatic nitrogens is 1. The number of para-hydroxylation sites is 1. The van der Waals surface area contributed by atoms with Gasteiger partial charge in [0.2, 0.25) is 0 Å². The minimum atomic E-state index is 0. The minimum Gasteiger partial charge on any atom is -0.361 e. The Morgan fingerprint density at radius 2 is 1.69 bits per heavy atom. The van der Waals surface area contributed by atoms with E-state index in [1.807, 2.05) is 35.4 Å². The second-order valence-electron chi connectivity index (χ2n) is 6.62. The molecule has 0 spiro atoms. The molecule has 4 rings (SSSR count). The average Bonchev–Trinajstić information content (AvgIpc) is 3.16. The summed E-state index contributed by atoms with van der Waals surface area (Å²) in [5.41, 5.74) is 3.10. The number of rotatable bonds is 4. The fourth-order valence-electron chi connectivity index (χ4n) is 3.54. The second kappa shape index (κ2) is 8.39. The van der Waals surface area contributed by atoms with E-state index in [-0.39, 0.29) is 18.3 Å². The van der Waals surface area contributed by atoms with Gasteiger partial charge in [0.1, 0.15) is 0 Å². The van der Waals surface area contributed by atoms with Gasteiger partial charge in [-0.05, 0) is 24.1 Å². The number of hydrogen-bond donors (Lipinski definition) is 1. The first-order chi connectivity index (χ1) is 12.3. The number of benzene rings is 2. The van der Waals surface area contributed by atoms with E-state index in [0.717, 1.165) is 55.6 Å². The predicted molar refractivity (Wildman–Crippen MR) is 108 cm³/mol. The molecule has 5 heteroatoms. The first-order valence-corrected chi connectivity index (χ1v) is 8.93. The van der Waals surface area contributed by atoms with Crippen LogP contribution >= 0.6 is 12.4 Å². The third-order valence-electron chi connectivity index (χ3n) is 5.04. The summed E-state index contributed by atoms with van der Waals surface area (Å²) in [6, 6.07) is 18.5. The molecule has 1 aliphatic rings. The lowest BCUT2D eigenvalue weighted by molar-refractivity contribution is 0.0640. The van der Waals surface area contributed by atoms with Crippen molar-refractivity contribution < 1.29 is 4.79 Å². The Balaban J connectivity index is 0.00000196. The summed E-state index contributed by atoms with van der Waals surface area (Å²) in [4.78, 5) is 20.5. The molecule has 0 atom stereocenters. The molecule has 2 heterocycles. The van der Waals surface area contributed by atoms with E-state index < -0.39 is 0 Å². The lowest BCUT2D eigenvalue weighted by Gasteiger charge is -2.34. The summed E-state index contributed by atoms with van der Waals surface area (Å²) < 4.78 is 0. The Kier molecular flexibility index (Phi) is 5.96. The summed E-state index contributed by atoms with van der Waals surface area (Å²) in [5.74, 6) is 0.135. The molecule has 1 aliphatic heterocycles. The van der Waals surface area contributed by atoms with Gasteiger partial charge in [-0.25, -0.2) is 0 Å². The van der Waals surface area contributed by atoms with Crippen LogP contribution in [0.3, 0.4) is 0 Å². The van der Waals surface area contributed by atoms with E-state index in [4.69, 9.17) is 0 Å². The number of carbonyl (C=O) groups is 1. The van der Waals surface area contributed by atoms with E-state index in [1.165, 1.54) is 5.56 Å². The van der Waals surface area contributed by atoms with Crippen LogP contribution in [-0.4, -0.2) is 53.4 Å². The Bertz CT molecular complexity index is 854. The average molecular weight is 370 g/mol. The highest BCUT2D eigenvalue weighted by Gasteiger charge is 2.23. The van der Waals surface area contributed by atoms with E-state index in [1.54, 1.807) is 0 Å². The molecule has 1 N–H and O–H groups in total. The lowest BCUT2D eigenvalue weighted by Crippen LogP contribution is -2.49. The van der Waals surface area contributed by atoms with Gasteiger partial charge in [-0.1, -0.05) is 42.5 Å². The van der Waals surface area contributed by atoms with Crippen LogP contribution in [-0.2, 0) is 6.42 Å². The van der Waals surface area contributed by atoms with Crippen LogP contribution in [0.15, 0.2) is 60.8 Å². The molecule has 4 nitrogen and oxygen atoms in total. The van der Waals surface area contributed by atoms with Crippen LogP contribution in [0, 0.1) is 0 Å². The second-order valence-corrected chi connectivity index (χ2v) is 6.62. The van der Waals surface area contributed by atoms with Crippen molar-refractivity contribution in [1.29, 1.82) is 0 Å². The third kappa shape index (κ3) is 3.92. The van der Waals surface area contributed by atoms with Gasteiger partial charge in [0, 0.05) is 44.3 Å². The van der Waals surface area contributed by atoms with Crippen molar-refractivity contribution in [3.63, 3.8) is 0 Å². The van der Waals surface area contributed by atoms with E-state index in [2.05, 4.69) is 40.2 Å². The van der Waals surface area contributed by atoms with Gasteiger partial charge in [0.15, 0.2) is 0 Å². The van der Waals surface area contributed by atoms with Crippen molar-refractivity contribution in [2.75, 3.05) is 32.7 Å². The smallest absolute Gasteiger partial charge is 0.256 e. The number of fused-ring (bicyclic) bond motifs is 1. The van der Waals surface area contributed by atoms with Crippen molar-refractivity contribution in [2.45, 2.75) is 6.42 Å². The maximum atomic E-state index is 12.9. The Hall–Kier alpha value is -2.30. The molecule has 1 aromatic heterocycles. The largest absolute Gasteiger partial charge is 0.361 e. The van der Waals surface area contributed by atoms with Crippen LogP contribution in [0.1, 0.15) is 15.9 Å². The topological polar surface area (TPSA) is 39.3 Å². The summed E-state index contributed by atoms with van der Waals surface area (Å²) in [7, 11) is 0. The molecule has 2 aromatic carbocycles. The van der Waals surface area contributed by atoms with Crippen molar-refractivity contribution >= 4 is 29.2 Å². The standard InChI is InChI=1S/C21H23N3O.ClH/c25-21(19-8-4-7-18-9-11-22-20(18)19)24-15-13-23(14-16-24)12-10-17-5-2-1-3-6-17;/h1-9,11,22H,10,12-16H2;1H. The summed E-state index contributed by atoms with van der Waals surface area (Å²) in [6.45, 7) is 4.53. The zero-order valence-electron chi connectivity index (χ0n) is 14.7. The molecule has 0 saturated carbocycles. The maximum absolute atomic E-state index is 12.9. The van der Waals surface area contributed by atoms with Crippen LogP contribution in [0.5, 0.6) is 0 Å². The van der Waals surface area contributed by atoms with Gasteiger partial charge in [-0.3, -0.25) is 9.69 Å². The first-order valence-electron chi connectivity index (χ1n) is 8.93. The van der Waals surface area contributed by atoms with Crippen LogP contribution < -0.4 is 0 Å². The number of nitrogens with one attached hydrogen (secondary N) is 1. The third-order valence-corrected chi connectivity index (χ3v) is 5.04. The maximum Gasteiger partial charge on any atom is 0.256 e. The predicted octanol–water partition coefficient (Wildman–Crippen LogP) is 3.59. The first kappa shape index (κ1) is 18.5. The zero-order valence-corrected chi connectivity index (χ0v) is 15.5. The molecular weight excluding hydrogens is 346 g/mol. The van der Waals surface area contributed by atoms with E-state index >= 15 is 0 Å². The summed E-state index contributed by atoms with van der Waals surface area (Å²) in [5, 5.41) is 1.09. The van der Waals surface area contributed by atoms with Gasteiger partial charge < -0.3 is 9.88 Å². The Morgan fingerprint density at radius 1 is 0.923 bits per heavy atom. The van der Waals surface area contributed by atoms with Gasteiger partial charge >= 0.3 is 0 Å². The SMILES string of the molecule is Cl.O=C(c1cccc2cc[nH]c12)N1CCN(CCc2ccccc2)CC1.